The highest BCUT2D eigenvalue weighted by Gasteiger charge is 2.49. The molecule has 16 nitrogen and oxygen atoms in total. The smallest absolute Gasteiger partial charge is 0.386 e. The van der Waals surface area contributed by atoms with Gasteiger partial charge in [0.05, 0.1) is 19.5 Å². The molecule has 2 aromatic rings. The van der Waals surface area contributed by atoms with Crippen LogP contribution < -0.4 is 5.73 Å². The zero-order valence-corrected chi connectivity index (χ0v) is 21.4. The topological polar surface area (TPSA) is 231 Å². The number of nitrogens with two attached hydrogens (primary N) is 1. The highest BCUT2D eigenvalue weighted by atomic mass is 31.2. The van der Waals surface area contributed by atoms with E-state index in [-0.39, 0.29) is 30.2 Å². The summed E-state index contributed by atoms with van der Waals surface area (Å²) in [6.07, 6.45) is -3.51. The average Bonchev–Trinajstić information content (AvgIpc) is 3.34. The van der Waals surface area contributed by atoms with E-state index in [0.29, 0.717) is 6.29 Å². The predicted molar refractivity (Wildman–Crippen MR) is 122 cm³/mol. The van der Waals surface area contributed by atoms with E-state index in [4.69, 9.17) is 28.4 Å². The van der Waals surface area contributed by atoms with E-state index in [1.54, 1.807) is 13.8 Å². The molecule has 3 heterocycles. The first-order valence-electron chi connectivity index (χ1n) is 9.98. The van der Waals surface area contributed by atoms with Gasteiger partial charge in [0.1, 0.15) is 42.5 Å². The SMILES string of the molecule is CC(C)(COPOPOCC1OC(n2cnc3c(N)ncnc32)C(O)C1OP(=O)(O)O)C(O)C=O. The van der Waals surface area contributed by atoms with Crippen LogP contribution >= 0.6 is 25.9 Å². The number of ether oxygens (including phenoxy) is 1. The van der Waals surface area contributed by atoms with Crippen molar-refractivity contribution in [3.05, 3.63) is 12.7 Å². The van der Waals surface area contributed by atoms with Gasteiger partial charge in [-0.3, -0.25) is 13.4 Å². The molecule has 3 rings (SSSR count). The fourth-order valence-electron chi connectivity index (χ4n) is 3.11. The molecule has 0 aliphatic carbocycles. The molecule has 0 aromatic carbocycles. The summed E-state index contributed by atoms with van der Waals surface area (Å²) in [5.74, 6) is 0.106. The molecule has 1 saturated heterocycles. The average molecular weight is 557 g/mol. The van der Waals surface area contributed by atoms with E-state index >= 15 is 0 Å². The van der Waals surface area contributed by atoms with Crippen LogP contribution in [-0.4, -0.2) is 83.4 Å². The summed E-state index contributed by atoms with van der Waals surface area (Å²) in [6, 6.07) is 0. The van der Waals surface area contributed by atoms with Gasteiger partial charge in [-0.25, -0.2) is 19.5 Å². The minimum absolute atomic E-state index is 0.0561. The Morgan fingerprint density at radius 3 is 2.71 bits per heavy atom. The lowest BCUT2D eigenvalue weighted by Crippen LogP contribution is -2.35. The molecule has 1 aliphatic rings. The molecular formula is C16H26N5O11P3. The van der Waals surface area contributed by atoms with Crippen molar-refractivity contribution in [3.63, 3.8) is 0 Å². The Kier molecular flexibility index (Phi) is 9.60. The molecule has 6 N–H and O–H groups in total. The first-order chi connectivity index (χ1) is 16.4. The molecular weight excluding hydrogens is 531 g/mol. The molecule has 0 spiro atoms. The lowest BCUT2D eigenvalue weighted by molar-refractivity contribution is -0.121. The van der Waals surface area contributed by atoms with Crippen LogP contribution in [0.5, 0.6) is 0 Å². The zero-order chi connectivity index (χ0) is 25.8. The molecule has 2 aromatic heterocycles. The molecule has 196 valence electrons. The van der Waals surface area contributed by atoms with Crippen LogP contribution in [0.2, 0.25) is 0 Å². The summed E-state index contributed by atoms with van der Waals surface area (Å²) in [5.41, 5.74) is 5.47. The molecule has 0 bridgehead atoms. The Morgan fingerprint density at radius 1 is 1.31 bits per heavy atom. The molecule has 0 amide bonds. The van der Waals surface area contributed by atoms with Gasteiger partial charge in [0.2, 0.25) is 0 Å². The van der Waals surface area contributed by atoms with Crippen LogP contribution in [-0.2, 0) is 32.0 Å². The highest BCUT2D eigenvalue weighted by Crippen LogP contribution is 2.44. The largest absolute Gasteiger partial charge is 0.470 e. The normalized spacial score (nSPS) is 24.9. The molecule has 7 unspecified atom stereocenters. The molecule has 19 heteroatoms. The molecule has 7 atom stereocenters. The van der Waals surface area contributed by atoms with Gasteiger partial charge in [-0.15, -0.1) is 0 Å². The number of aldehydes is 1. The van der Waals surface area contributed by atoms with Crippen LogP contribution in [0.3, 0.4) is 0 Å². The number of aliphatic hydroxyl groups is 2. The molecule has 0 saturated carbocycles. The van der Waals surface area contributed by atoms with Crippen molar-refractivity contribution in [1.82, 2.24) is 19.5 Å². The Hall–Kier alpha value is -1.25. The highest BCUT2D eigenvalue weighted by molar-refractivity contribution is 7.46. The summed E-state index contributed by atoms with van der Waals surface area (Å²) < 4.78 is 39.2. The van der Waals surface area contributed by atoms with Crippen molar-refractivity contribution in [3.8, 4) is 0 Å². The van der Waals surface area contributed by atoms with Crippen molar-refractivity contribution in [2.75, 3.05) is 18.9 Å². The monoisotopic (exact) mass is 557 g/mol. The van der Waals surface area contributed by atoms with Gasteiger partial charge in [-0.1, -0.05) is 13.8 Å². The summed E-state index contributed by atoms with van der Waals surface area (Å²) in [5, 5.41) is 20.3. The predicted octanol–water partition coefficient (Wildman–Crippen LogP) is -0.203. The summed E-state index contributed by atoms with van der Waals surface area (Å²) >= 11 is 0. The van der Waals surface area contributed by atoms with E-state index in [9.17, 15) is 29.4 Å². The lowest BCUT2D eigenvalue weighted by Gasteiger charge is -2.26. The van der Waals surface area contributed by atoms with Gasteiger partial charge in [0.25, 0.3) is 0 Å². The molecule has 35 heavy (non-hydrogen) atoms. The lowest BCUT2D eigenvalue weighted by atomic mass is 9.88. The quantitative estimate of drug-likeness (QED) is 0.122. The number of fused-ring (bicyclic) bond motifs is 1. The maximum Gasteiger partial charge on any atom is 0.470 e. The number of phosphoric acid groups is 1. The van der Waals surface area contributed by atoms with E-state index in [0.717, 1.165) is 0 Å². The number of imidazole rings is 1. The number of hydrogen-bond donors (Lipinski definition) is 5. The number of carbonyl (C=O) groups excluding carboxylic acids is 1. The fourth-order valence-corrected chi connectivity index (χ4v) is 4.95. The van der Waals surface area contributed by atoms with Crippen molar-refractivity contribution in [1.29, 1.82) is 0 Å². The van der Waals surface area contributed by atoms with Crippen LogP contribution in [0, 0.1) is 5.41 Å². The summed E-state index contributed by atoms with van der Waals surface area (Å²) in [4.78, 5) is 41.3. The van der Waals surface area contributed by atoms with E-state index in [1.165, 1.54) is 17.2 Å². The van der Waals surface area contributed by atoms with Gasteiger partial charge >= 0.3 is 7.82 Å². The maximum atomic E-state index is 11.5. The van der Waals surface area contributed by atoms with E-state index in [2.05, 4.69) is 15.0 Å². The van der Waals surface area contributed by atoms with Crippen LogP contribution in [0.25, 0.3) is 11.2 Å². The van der Waals surface area contributed by atoms with Gasteiger partial charge in [-0.05, 0) is 0 Å². The first-order valence-corrected chi connectivity index (χ1v) is 13.1. The third-order valence-corrected chi connectivity index (χ3v) is 6.78. The van der Waals surface area contributed by atoms with E-state index < -0.39 is 62.0 Å². The van der Waals surface area contributed by atoms with Crippen LogP contribution in [0.15, 0.2) is 12.7 Å². The second-order valence-electron chi connectivity index (χ2n) is 8.14. The van der Waals surface area contributed by atoms with Crippen molar-refractivity contribution in [2.24, 2.45) is 5.41 Å². The number of nitrogen functional groups attached to an aromatic ring is 1. The number of phosphoric ester groups is 1. The third kappa shape index (κ3) is 7.16. The van der Waals surface area contributed by atoms with Crippen molar-refractivity contribution < 1.29 is 52.0 Å². The van der Waals surface area contributed by atoms with Gasteiger partial charge < -0.3 is 44.3 Å². The number of aliphatic hydroxyl groups excluding tert-OH is 2. The van der Waals surface area contributed by atoms with Crippen LogP contribution in [0.1, 0.15) is 20.1 Å². The summed E-state index contributed by atoms with van der Waals surface area (Å²) in [7, 11) is -6.00. The number of rotatable bonds is 13. The van der Waals surface area contributed by atoms with Crippen molar-refractivity contribution >= 4 is 49.2 Å². The van der Waals surface area contributed by atoms with Gasteiger partial charge in [0, 0.05) is 5.41 Å². The minimum atomic E-state index is -4.99. The first kappa shape index (κ1) is 28.3. The van der Waals surface area contributed by atoms with Gasteiger partial charge in [0.15, 0.2) is 35.8 Å². The van der Waals surface area contributed by atoms with Gasteiger partial charge in [-0.2, -0.15) is 0 Å². The Balaban J connectivity index is 1.57. The number of anilines is 1. The Bertz CT molecular complexity index is 1050. The number of aromatic nitrogens is 4. The number of hydrogen-bond acceptors (Lipinski definition) is 13. The zero-order valence-electron chi connectivity index (χ0n) is 18.5. The van der Waals surface area contributed by atoms with Crippen molar-refractivity contribution in [2.45, 2.75) is 44.5 Å². The second-order valence-corrected chi connectivity index (χ2v) is 11.1. The standard InChI is InChI=1S/C16H26N5O11P3/c1-16(2,9(23)3-22)5-29-34-32-33-28-4-8-12(31-35(25,26)27)11(24)15(30-8)21-7-20-10-13(17)18-6-19-14(10)21/h3,6-9,11-12,15,23-24,33-34H,4-5H2,1-2H3,(H2,17,18,19)(H2,25,26,27). The molecule has 1 aliphatic heterocycles. The Labute approximate surface area is 202 Å². The summed E-state index contributed by atoms with van der Waals surface area (Å²) in [6.45, 7) is 3.11. The van der Waals surface area contributed by atoms with Crippen LogP contribution in [0.4, 0.5) is 5.82 Å². The molecule has 0 radical (unpaired) electrons. The number of carbonyl (C=O) groups is 1. The Morgan fingerprint density at radius 2 is 2.03 bits per heavy atom. The minimum Gasteiger partial charge on any atom is -0.386 e. The maximum absolute atomic E-state index is 11.5. The number of nitrogens with zero attached hydrogens (tertiary/aromatic N) is 4. The third-order valence-electron chi connectivity index (χ3n) is 5.05. The molecule has 1 fully saturated rings. The second kappa shape index (κ2) is 11.9. The fraction of sp³-hybridized carbons (Fsp3) is 0.625. The van der Waals surface area contributed by atoms with E-state index in [1.807, 2.05) is 0 Å².